The maximum atomic E-state index is 12.5. The third-order valence-electron chi connectivity index (χ3n) is 2.43. The standard InChI is InChI=1S/C13H10F3/c1-9-5-6-11(7-9)10-3-2-4-12(8-10)13(14,15)16/h2-8H,1H3/q-1. The monoisotopic (exact) mass is 223 g/mol. The van der Waals surface area contributed by atoms with E-state index >= 15 is 0 Å². The zero-order valence-corrected chi connectivity index (χ0v) is 8.68. The van der Waals surface area contributed by atoms with Crippen LogP contribution in [0.25, 0.3) is 11.1 Å². The van der Waals surface area contributed by atoms with Gasteiger partial charge >= 0.3 is 6.18 Å². The molecule has 0 nitrogen and oxygen atoms in total. The summed E-state index contributed by atoms with van der Waals surface area (Å²) in [4.78, 5) is 0. The zero-order valence-electron chi connectivity index (χ0n) is 8.68. The van der Waals surface area contributed by atoms with Crippen molar-refractivity contribution in [1.29, 1.82) is 0 Å². The van der Waals surface area contributed by atoms with E-state index in [0.717, 1.165) is 17.2 Å². The van der Waals surface area contributed by atoms with Crippen molar-refractivity contribution in [2.75, 3.05) is 0 Å². The van der Waals surface area contributed by atoms with Gasteiger partial charge in [0.25, 0.3) is 0 Å². The Morgan fingerprint density at radius 1 is 1.06 bits per heavy atom. The predicted molar refractivity (Wildman–Crippen MR) is 57.2 cm³/mol. The van der Waals surface area contributed by atoms with Gasteiger partial charge in [-0.2, -0.15) is 36.4 Å². The number of rotatable bonds is 1. The fourth-order valence-corrected chi connectivity index (χ4v) is 1.62. The summed E-state index contributed by atoms with van der Waals surface area (Å²) >= 11 is 0. The molecule has 0 atom stereocenters. The van der Waals surface area contributed by atoms with Gasteiger partial charge in [0.2, 0.25) is 0 Å². The predicted octanol–water partition coefficient (Wildman–Crippen LogP) is 4.40. The molecule has 0 aliphatic carbocycles. The first-order chi connectivity index (χ1) is 7.47. The van der Waals surface area contributed by atoms with E-state index < -0.39 is 11.7 Å². The smallest absolute Gasteiger partial charge is 0.206 e. The van der Waals surface area contributed by atoms with Gasteiger partial charge in [-0.3, -0.25) is 0 Å². The molecule has 0 aliphatic heterocycles. The van der Waals surface area contributed by atoms with Crippen molar-refractivity contribution in [2.45, 2.75) is 13.1 Å². The molecule has 3 heteroatoms. The minimum Gasteiger partial charge on any atom is -0.206 e. The minimum atomic E-state index is -4.28. The maximum absolute atomic E-state index is 12.5. The van der Waals surface area contributed by atoms with Crippen LogP contribution >= 0.6 is 0 Å². The molecular formula is C13H10F3-. The summed E-state index contributed by atoms with van der Waals surface area (Å²) in [6.07, 6.45) is -4.28. The van der Waals surface area contributed by atoms with Crippen molar-refractivity contribution < 1.29 is 13.2 Å². The first-order valence-corrected chi connectivity index (χ1v) is 4.88. The summed E-state index contributed by atoms with van der Waals surface area (Å²) in [7, 11) is 0. The first-order valence-electron chi connectivity index (χ1n) is 4.88. The SMILES string of the molecule is C[c-]1ccc(-c2cccc(C(F)(F)F)c2)c1. The molecule has 2 aromatic rings. The molecule has 0 radical (unpaired) electrons. The molecule has 0 amide bonds. The van der Waals surface area contributed by atoms with Crippen LogP contribution in [0.1, 0.15) is 11.1 Å². The van der Waals surface area contributed by atoms with Gasteiger partial charge in [-0.25, -0.2) is 6.07 Å². The van der Waals surface area contributed by atoms with Crippen LogP contribution in [0.3, 0.4) is 0 Å². The average molecular weight is 223 g/mol. The lowest BCUT2D eigenvalue weighted by atomic mass is 10.1. The molecule has 0 saturated carbocycles. The van der Waals surface area contributed by atoms with Crippen LogP contribution in [0.5, 0.6) is 0 Å². The third kappa shape index (κ3) is 2.13. The second kappa shape index (κ2) is 3.74. The normalized spacial score (nSPS) is 11.8. The van der Waals surface area contributed by atoms with Crippen LogP contribution in [-0.4, -0.2) is 0 Å². The molecule has 0 aromatic heterocycles. The van der Waals surface area contributed by atoms with Gasteiger partial charge in [0.15, 0.2) is 0 Å². The summed E-state index contributed by atoms with van der Waals surface area (Å²) in [5.74, 6) is 0. The molecule has 0 N–H and O–H groups in total. The first kappa shape index (κ1) is 10.9. The summed E-state index contributed by atoms with van der Waals surface area (Å²) in [5.41, 5.74) is 1.86. The second-order valence-electron chi connectivity index (χ2n) is 3.76. The van der Waals surface area contributed by atoms with Crippen molar-refractivity contribution >= 4 is 0 Å². The number of alkyl halides is 3. The lowest BCUT2D eigenvalue weighted by Gasteiger charge is -2.10. The molecule has 16 heavy (non-hydrogen) atoms. The van der Waals surface area contributed by atoms with Crippen LogP contribution in [0.2, 0.25) is 0 Å². The van der Waals surface area contributed by atoms with Gasteiger partial charge in [-0.1, -0.05) is 36.8 Å². The second-order valence-corrected chi connectivity index (χ2v) is 3.76. The average Bonchev–Trinajstić information content (AvgIpc) is 2.64. The van der Waals surface area contributed by atoms with Gasteiger partial charge in [0, 0.05) is 0 Å². The van der Waals surface area contributed by atoms with E-state index in [2.05, 4.69) is 0 Å². The topological polar surface area (TPSA) is 0 Å². The van der Waals surface area contributed by atoms with Crippen LogP contribution < -0.4 is 0 Å². The number of halogens is 3. The Hall–Kier alpha value is -1.64. The molecule has 0 fully saturated rings. The Labute approximate surface area is 91.7 Å². The van der Waals surface area contributed by atoms with Gasteiger partial charge in [0.05, 0.1) is 5.56 Å². The Morgan fingerprint density at radius 3 is 2.38 bits per heavy atom. The molecule has 2 aromatic carbocycles. The van der Waals surface area contributed by atoms with E-state index in [9.17, 15) is 13.2 Å². The molecule has 0 spiro atoms. The Bertz CT molecular complexity index is 492. The lowest BCUT2D eigenvalue weighted by Crippen LogP contribution is -2.04. The van der Waals surface area contributed by atoms with E-state index in [0.29, 0.717) is 5.56 Å². The van der Waals surface area contributed by atoms with Crippen molar-refractivity contribution in [3.05, 3.63) is 53.6 Å². The van der Waals surface area contributed by atoms with Crippen LogP contribution in [0.4, 0.5) is 13.2 Å². The fraction of sp³-hybridized carbons (Fsp3) is 0.154. The summed E-state index contributed by atoms with van der Waals surface area (Å²) in [6, 6.07) is 11.0. The third-order valence-corrected chi connectivity index (χ3v) is 2.43. The van der Waals surface area contributed by atoms with Crippen molar-refractivity contribution in [3.8, 4) is 11.1 Å². The van der Waals surface area contributed by atoms with Gasteiger partial charge < -0.3 is 0 Å². The highest BCUT2D eigenvalue weighted by Gasteiger charge is 2.30. The fourth-order valence-electron chi connectivity index (χ4n) is 1.62. The Kier molecular flexibility index (Phi) is 2.54. The van der Waals surface area contributed by atoms with Gasteiger partial charge in [-0.05, 0) is 0 Å². The molecule has 0 unspecified atom stereocenters. The quantitative estimate of drug-likeness (QED) is 0.628. The van der Waals surface area contributed by atoms with E-state index in [1.807, 2.05) is 25.1 Å². The van der Waals surface area contributed by atoms with Crippen molar-refractivity contribution in [2.24, 2.45) is 0 Å². The number of benzene rings is 1. The lowest BCUT2D eigenvalue weighted by molar-refractivity contribution is -0.137. The van der Waals surface area contributed by atoms with Crippen molar-refractivity contribution in [1.82, 2.24) is 0 Å². The summed E-state index contributed by atoms with van der Waals surface area (Å²) in [6.45, 7) is 1.91. The number of hydrogen-bond donors (Lipinski definition) is 0. The minimum absolute atomic E-state index is 0.600. The van der Waals surface area contributed by atoms with E-state index in [1.165, 1.54) is 12.1 Å². The highest BCUT2D eigenvalue weighted by Crippen LogP contribution is 2.32. The molecule has 0 bridgehead atoms. The zero-order chi connectivity index (χ0) is 11.8. The number of hydrogen-bond acceptors (Lipinski definition) is 0. The van der Waals surface area contributed by atoms with Crippen molar-refractivity contribution in [3.63, 3.8) is 0 Å². The summed E-state index contributed by atoms with van der Waals surface area (Å²) < 4.78 is 37.5. The van der Waals surface area contributed by atoms with Gasteiger partial charge in [0.1, 0.15) is 0 Å². The Balaban J connectivity index is 2.44. The Morgan fingerprint density at radius 2 is 1.81 bits per heavy atom. The van der Waals surface area contributed by atoms with Crippen LogP contribution in [0, 0.1) is 6.92 Å². The number of aryl methyl sites for hydroxylation is 1. The molecule has 0 aliphatic rings. The summed E-state index contributed by atoms with van der Waals surface area (Å²) in [5, 5.41) is 0. The van der Waals surface area contributed by atoms with Gasteiger partial charge in [-0.15, -0.1) is 0 Å². The van der Waals surface area contributed by atoms with E-state index in [4.69, 9.17) is 0 Å². The maximum Gasteiger partial charge on any atom is 0.416 e. The highest BCUT2D eigenvalue weighted by atomic mass is 19.4. The largest absolute Gasteiger partial charge is 0.416 e. The highest BCUT2D eigenvalue weighted by molar-refractivity contribution is 5.66. The molecule has 84 valence electrons. The van der Waals surface area contributed by atoms with E-state index in [-0.39, 0.29) is 0 Å². The van der Waals surface area contributed by atoms with Crippen LogP contribution in [0.15, 0.2) is 42.5 Å². The molecule has 2 rings (SSSR count). The molecule has 0 heterocycles. The van der Waals surface area contributed by atoms with E-state index in [1.54, 1.807) is 6.07 Å². The molecule has 0 saturated heterocycles. The van der Waals surface area contributed by atoms with Crippen LogP contribution in [-0.2, 0) is 6.18 Å². The molecular weight excluding hydrogens is 213 g/mol.